The fourth-order valence-electron chi connectivity index (χ4n) is 3.11. The minimum atomic E-state index is -2.92. The number of nitrogens with zero attached hydrogens (tertiary/aromatic N) is 1. The van der Waals surface area contributed by atoms with Gasteiger partial charge in [0.25, 0.3) is 12.3 Å². The van der Waals surface area contributed by atoms with Crippen molar-refractivity contribution in [3.05, 3.63) is 46.3 Å². The average molecular weight is 363 g/mol. The largest absolute Gasteiger partial charge is 0.354 e. The molecule has 8 heteroatoms. The molecule has 1 aliphatic heterocycles. The highest BCUT2D eigenvalue weighted by Crippen LogP contribution is 2.35. The molecule has 0 saturated heterocycles. The Morgan fingerprint density at radius 1 is 1.42 bits per heavy atom. The third-order valence-electron chi connectivity index (χ3n) is 4.51. The van der Waals surface area contributed by atoms with Crippen LogP contribution in [0, 0.1) is 6.92 Å². The molecule has 26 heavy (non-hydrogen) atoms. The van der Waals surface area contributed by atoms with Crippen molar-refractivity contribution in [1.29, 1.82) is 0 Å². The highest BCUT2D eigenvalue weighted by molar-refractivity contribution is 6.03. The predicted octanol–water partition coefficient (Wildman–Crippen LogP) is 3.34. The van der Waals surface area contributed by atoms with Crippen LogP contribution in [0.15, 0.2) is 22.7 Å². The van der Waals surface area contributed by atoms with E-state index >= 15 is 0 Å². The third-order valence-corrected chi connectivity index (χ3v) is 4.51. The first-order valence-corrected chi connectivity index (χ1v) is 8.38. The second kappa shape index (κ2) is 7.23. The standard InChI is InChI=1S/C18H19F2N3O3/c1-3-10-4-5-13-12(8-10)11(17(24)22-13)6-7-21-18(25)14-9(2)23-26-15(14)16(19)20/h4-5,8,11,16H,3,6-7H2,1-2H3,(H,21,25)(H,22,24). The number of fused-ring (bicyclic) bond motifs is 1. The van der Waals surface area contributed by atoms with Crippen molar-refractivity contribution in [1.82, 2.24) is 10.5 Å². The number of anilines is 1. The summed E-state index contributed by atoms with van der Waals surface area (Å²) < 4.78 is 30.3. The molecular weight excluding hydrogens is 344 g/mol. The van der Waals surface area contributed by atoms with Gasteiger partial charge in [0.1, 0.15) is 5.56 Å². The van der Waals surface area contributed by atoms with Crippen molar-refractivity contribution >= 4 is 17.5 Å². The van der Waals surface area contributed by atoms with Gasteiger partial charge < -0.3 is 15.2 Å². The first-order valence-electron chi connectivity index (χ1n) is 8.38. The third kappa shape index (κ3) is 3.31. The van der Waals surface area contributed by atoms with Crippen LogP contribution in [-0.4, -0.2) is 23.5 Å². The summed E-state index contributed by atoms with van der Waals surface area (Å²) in [6.45, 7) is 3.63. The number of carbonyl (C=O) groups excluding carboxylic acids is 2. The van der Waals surface area contributed by atoms with Crippen molar-refractivity contribution in [3.63, 3.8) is 0 Å². The Kier molecular flexibility index (Phi) is 5.01. The van der Waals surface area contributed by atoms with E-state index in [1.165, 1.54) is 6.92 Å². The van der Waals surface area contributed by atoms with E-state index in [-0.39, 0.29) is 29.6 Å². The number of nitrogens with one attached hydrogen (secondary N) is 2. The van der Waals surface area contributed by atoms with Gasteiger partial charge in [-0.2, -0.15) is 0 Å². The van der Waals surface area contributed by atoms with E-state index in [9.17, 15) is 18.4 Å². The zero-order valence-electron chi connectivity index (χ0n) is 14.4. The minimum Gasteiger partial charge on any atom is -0.354 e. The summed E-state index contributed by atoms with van der Waals surface area (Å²) in [5.41, 5.74) is 2.66. The molecule has 1 atom stereocenters. The van der Waals surface area contributed by atoms with Crippen LogP contribution >= 0.6 is 0 Å². The first kappa shape index (κ1) is 18.0. The van der Waals surface area contributed by atoms with Crippen LogP contribution in [0.3, 0.4) is 0 Å². The van der Waals surface area contributed by atoms with Gasteiger partial charge in [0.2, 0.25) is 11.7 Å². The summed E-state index contributed by atoms with van der Waals surface area (Å²) in [5.74, 6) is -1.93. The molecule has 1 aliphatic rings. The number of hydrogen-bond acceptors (Lipinski definition) is 4. The number of halogens is 2. The van der Waals surface area contributed by atoms with Crippen LogP contribution in [0.2, 0.25) is 0 Å². The Labute approximate surface area is 148 Å². The Balaban J connectivity index is 1.67. The summed E-state index contributed by atoms with van der Waals surface area (Å²) in [6, 6.07) is 5.82. The lowest BCUT2D eigenvalue weighted by molar-refractivity contribution is -0.117. The molecule has 2 amide bonds. The van der Waals surface area contributed by atoms with Crippen molar-refractivity contribution in [2.24, 2.45) is 0 Å². The number of benzene rings is 1. The van der Waals surface area contributed by atoms with E-state index < -0.39 is 18.1 Å². The quantitative estimate of drug-likeness (QED) is 0.824. The van der Waals surface area contributed by atoms with Crippen molar-refractivity contribution in [3.8, 4) is 0 Å². The Bertz CT molecular complexity index is 848. The van der Waals surface area contributed by atoms with Crippen LogP contribution in [-0.2, 0) is 11.2 Å². The molecule has 0 radical (unpaired) electrons. The van der Waals surface area contributed by atoms with E-state index in [1.807, 2.05) is 25.1 Å². The monoisotopic (exact) mass is 363 g/mol. The summed E-state index contributed by atoms with van der Waals surface area (Å²) in [4.78, 5) is 24.4. The number of hydrogen-bond donors (Lipinski definition) is 2. The van der Waals surface area contributed by atoms with E-state index in [0.717, 1.165) is 23.2 Å². The number of amides is 2. The lowest BCUT2D eigenvalue weighted by Gasteiger charge is -2.11. The number of aromatic nitrogens is 1. The lowest BCUT2D eigenvalue weighted by Crippen LogP contribution is -2.28. The van der Waals surface area contributed by atoms with Crippen LogP contribution in [0.5, 0.6) is 0 Å². The maximum Gasteiger partial charge on any atom is 0.298 e. The van der Waals surface area contributed by atoms with E-state index in [0.29, 0.717) is 6.42 Å². The first-order chi connectivity index (χ1) is 12.4. The molecule has 2 N–H and O–H groups in total. The Morgan fingerprint density at radius 3 is 2.88 bits per heavy atom. The van der Waals surface area contributed by atoms with Gasteiger partial charge in [-0.25, -0.2) is 8.78 Å². The number of carbonyl (C=O) groups is 2. The molecule has 0 saturated carbocycles. The lowest BCUT2D eigenvalue weighted by atomic mass is 9.95. The van der Waals surface area contributed by atoms with Gasteiger partial charge in [0.15, 0.2) is 0 Å². The van der Waals surface area contributed by atoms with Gasteiger partial charge >= 0.3 is 0 Å². The summed E-state index contributed by atoms with van der Waals surface area (Å²) in [6.07, 6.45) is -1.70. The molecule has 1 aromatic heterocycles. The predicted molar refractivity (Wildman–Crippen MR) is 90.3 cm³/mol. The minimum absolute atomic E-state index is 0.106. The normalized spacial score (nSPS) is 15.9. The van der Waals surface area contributed by atoms with Crippen molar-refractivity contribution < 1.29 is 22.9 Å². The molecule has 138 valence electrons. The average Bonchev–Trinajstić information content (AvgIpc) is 3.14. The maximum absolute atomic E-state index is 12.9. The molecular formula is C18H19F2N3O3. The summed E-state index contributed by atoms with van der Waals surface area (Å²) in [5, 5.41) is 8.82. The highest BCUT2D eigenvalue weighted by atomic mass is 19.3. The Hall–Kier alpha value is -2.77. The smallest absolute Gasteiger partial charge is 0.298 e. The second-order valence-corrected chi connectivity index (χ2v) is 6.17. The highest BCUT2D eigenvalue weighted by Gasteiger charge is 2.31. The van der Waals surface area contributed by atoms with Gasteiger partial charge in [-0.3, -0.25) is 9.59 Å². The number of rotatable bonds is 6. The molecule has 0 fully saturated rings. The van der Waals surface area contributed by atoms with Gasteiger partial charge in [-0.1, -0.05) is 24.2 Å². The molecule has 1 unspecified atom stereocenters. The van der Waals surface area contributed by atoms with Gasteiger partial charge in [0, 0.05) is 12.2 Å². The van der Waals surface area contributed by atoms with E-state index in [4.69, 9.17) is 0 Å². The molecule has 2 heterocycles. The second-order valence-electron chi connectivity index (χ2n) is 6.17. The number of alkyl halides is 2. The van der Waals surface area contributed by atoms with Crippen molar-refractivity contribution in [2.75, 3.05) is 11.9 Å². The van der Waals surface area contributed by atoms with Crippen molar-refractivity contribution in [2.45, 2.75) is 39.0 Å². The molecule has 3 rings (SSSR count). The zero-order valence-corrected chi connectivity index (χ0v) is 14.4. The van der Waals surface area contributed by atoms with Gasteiger partial charge in [-0.15, -0.1) is 0 Å². The molecule has 1 aromatic carbocycles. The van der Waals surface area contributed by atoms with E-state index in [1.54, 1.807) is 0 Å². The van der Waals surface area contributed by atoms with Crippen LogP contribution in [0.4, 0.5) is 14.5 Å². The SMILES string of the molecule is CCc1ccc2c(c1)C(CCNC(=O)c1c(C)noc1C(F)F)C(=O)N2. The summed E-state index contributed by atoms with van der Waals surface area (Å²) in [7, 11) is 0. The molecule has 6 nitrogen and oxygen atoms in total. The molecule has 0 spiro atoms. The fourth-order valence-corrected chi connectivity index (χ4v) is 3.11. The van der Waals surface area contributed by atoms with Crippen LogP contribution in [0.25, 0.3) is 0 Å². The van der Waals surface area contributed by atoms with Gasteiger partial charge in [-0.05, 0) is 37.0 Å². The summed E-state index contributed by atoms with van der Waals surface area (Å²) >= 11 is 0. The van der Waals surface area contributed by atoms with Gasteiger partial charge in [0.05, 0.1) is 11.6 Å². The molecule has 0 bridgehead atoms. The van der Waals surface area contributed by atoms with E-state index in [2.05, 4.69) is 20.3 Å². The number of aryl methyl sites for hydroxylation is 2. The maximum atomic E-state index is 12.9. The zero-order chi connectivity index (χ0) is 18.8. The van der Waals surface area contributed by atoms with Crippen LogP contribution in [0.1, 0.15) is 58.6 Å². The molecule has 2 aromatic rings. The fraction of sp³-hybridized carbons (Fsp3) is 0.389. The molecule has 0 aliphatic carbocycles. The van der Waals surface area contributed by atoms with Crippen LogP contribution < -0.4 is 10.6 Å². The Morgan fingerprint density at radius 2 is 2.19 bits per heavy atom. The topological polar surface area (TPSA) is 84.2 Å².